The number of aromatic amines is 1. The van der Waals surface area contributed by atoms with Crippen molar-refractivity contribution in [3.63, 3.8) is 0 Å². The second-order valence-electron chi connectivity index (χ2n) is 5.63. The maximum absolute atomic E-state index is 12.7. The normalized spacial score (nSPS) is 15.5. The zero-order chi connectivity index (χ0) is 17.4. The average Bonchev–Trinajstić information content (AvgIpc) is 3.20. The highest BCUT2D eigenvalue weighted by atomic mass is 16.5. The van der Waals surface area contributed by atoms with Gasteiger partial charge in [-0.25, -0.2) is 19.4 Å². The van der Waals surface area contributed by atoms with E-state index >= 15 is 0 Å². The van der Waals surface area contributed by atoms with Gasteiger partial charge in [-0.3, -0.25) is 4.79 Å². The average molecular weight is 345 g/mol. The molecule has 1 aliphatic rings. The fourth-order valence-corrected chi connectivity index (χ4v) is 2.84. The molecule has 1 saturated heterocycles. The van der Waals surface area contributed by atoms with E-state index in [1.54, 1.807) is 0 Å². The highest BCUT2D eigenvalue weighted by molar-refractivity contribution is 6.04. The Kier molecular flexibility index (Phi) is 3.69. The molecule has 130 valence electrons. The first kappa shape index (κ1) is 15.3. The van der Waals surface area contributed by atoms with E-state index in [0.717, 1.165) is 12.8 Å². The first-order valence-corrected chi connectivity index (χ1v) is 7.70. The third-order valence-corrected chi connectivity index (χ3v) is 4.04. The van der Waals surface area contributed by atoms with Crippen LogP contribution >= 0.6 is 0 Å². The molecule has 1 aliphatic heterocycles. The minimum Gasteiger partial charge on any atom is -0.386 e. The molecule has 0 aliphatic carbocycles. The summed E-state index contributed by atoms with van der Waals surface area (Å²) < 4.78 is 11.6. The van der Waals surface area contributed by atoms with E-state index in [0.29, 0.717) is 24.4 Å². The number of nitrogens with one attached hydrogen (secondary N) is 2. The number of amides is 1. The van der Waals surface area contributed by atoms with Gasteiger partial charge >= 0.3 is 5.76 Å². The molecule has 4 rings (SSSR count). The first-order valence-electron chi connectivity index (χ1n) is 7.70. The van der Waals surface area contributed by atoms with Crippen LogP contribution in [0.5, 0.6) is 0 Å². The predicted molar refractivity (Wildman–Crippen MR) is 84.8 cm³/mol. The van der Waals surface area contributed by atoms with Gasteiger partial charge < -0.3 is 20.2 Å². The maximum atomic E-state index is 12.7. The summed E-state index contributed by atoms with van der Waals surface area (Å²) in [5.74, 6) is -0.880. The van der Waals surface area contributed by atoms with Crippen LogP contribution in [0.15, 0.2) is 21.6 Å². The highest BCUT2D eigenvalue weighted by Crippen LogP contribution is 2.26. The smallest absolute Gasteiger partial charge is 0.386 e. The quantitative estimate of drug-likeness (QED) is 0.577. The Balaban J connectivity index is 1.78. The van der Waals surface area contributed by atoms with Gasteiger partial charge in [0.25, 0.3) is 11.8 Å². The molecular weight excluding hydrogens is 330 g/mol. The van der Waals surface area contributed by atoms with E-state index in [1.807, 2.05) is 0 Å². The Morgan fingerprint density at radius 1 is 1.40 bits per heavy atom. The van der Waals surface area contributed by atoms with Crippen molar-refractivity contribution in [2.45, 2.75) is 18.9 Å². The van der Waals surface area contributed by atoms with Gasteiger partial charge in [-0.1, -0.05) is 0 Å². The van der Waals surface area contributed by atoms with E-state index in [1.165, 1.54) is 16.9 Å². The summed E-state index contributed by atoms with van der Waals surface area (Å²) >= 11 is 0. The zero-order valence-electron chi connectivity index (χ0n) is 13.1. The second-order valence-corrected chi connectivity index (χ2v) is 5.63. The molecule has 4 N–H and O–H groups in total. The van der Waals surface area contributed by atoms with Gasteiger partial charge in [0.2, 0.25) is 0 Å². The molecule has 0 unspecified atom stereocenters. The number of carbonyl (C=O) groups excluding carboxylic acids is 1. The molecule has 0 bridgehead atoms. The van der Waals surface area contributed by atoms with Crippen molar-refractivity contribution in [1.29, 1.82) is 0 Å². The van der Waals surface area contributed by atoms with Gasteiger partial charge in [0.05, 0.1) is 5.56 Å². The molecular formula is C14H15N7O4. The van der Waals surface area contributed by atoms with E-state index < -0.39 is 5.76 Å². The standard InChI is InChI=1S/C14H15N7O4/c15-11-10-8(12(22)18-7-1-3-24-4-2-7)5-9(21(10)17-6-16-11)13-19-20-14(23)25-13/h5-7H,1-4H2,(H,18,22)(H,20,23)(H2,15,16,17). The van der Waals surface area contributed by atoms with Crippen LogP contribution in [0.3, 0.4) is 0 Å². The van der Waals surface area contributed by atoms with Crippen molar-refractivity contribution < 1.29 is 13.9 Å². The first-order chi connectivity index (χ1) is 12.1. The van der Waals surface area contributed by atoms with Crippen LogP contribution in [0.2, 0.25) is 0 Å². The molecule has 3 aromatic rings. The fourth-order valence-electron chi connectivity index (χ4n) is 2.84. The number of rotatable bonds is 3. The summed E-state index contributed by atoms with van der Waals surface area (Å²) in [4.78, 5) is 27.9. The number of carbonyl (C=O) groups is 1. The number of nitrogens with zero attached hydrogens (tertiary/aromatic N) is 4. The van der Waals surface area contributed by atoms with Gasteiger partial charge in [-0.2, -0.15) is 5.10 Å². The van der Waals surface area contributed by atoms with Gasteiger partial charge in [0, 0.05) is 19.3 Å². The van der Waals surface area contributed by atoms with Crippen LogP contribution < -0.4 is 16.8 Å². The van der Waals surface area contributed by atoms with Crippen molar-refractivity contribution >= 4 is 17.2 Å². The van der Waals surface area contributed by atoms with Gasteiger partial charge in [0.15, 0.2) is 5.82 Å². The van der Waals surface area contributed by atoms with Crippen molar-refractivity contribution in [2.75, 3.05) is 18.9 Å². The van der Waals surface area contributed by atoms with Crippen LogP contribution in [0.25, 0.3) is 17.1 Å². The zero-order valence-corrected chi connectivity index (χ0v) is 13.1. The van der Waals surface area contributed by atoms with E-state index in [-0.39, 0.29) is 29.2 Å². The number of ether oxygens (including phenoxy) is 1. The number of hydrogen-bond acceptors (Lipinski definition) is 8. The SMILES string of the molecule is Nc1ncnn2c(-c3n[nH]c(=O)o3)cc(C(=O)NC3CCOCC3)c12. The molecule has 1 fully saturated rings. The Labute approximate surface area is 140 Å². The largest absolute Gasteiger partial charge is 0.434 e. The fraction of sp³-hybridized carbons (Fsp3) is 0.357. The lowest BCUT2D eigenvalue weighted by Gasteiger charge is -2.22. The minimum absolute atomic E-state index is 0.00298. The molecule has 0 aromatic carbocycles. The number of aromatic nitrogens is 5. The van der Waals surface area contributed by atoms with E-state index in [2.05, 4.69) is 25.6 Å². The Morgan fingerprint density at radius 3 is 2.92 bits per heavy atom. The minimum atomic E-state index is -0.708. The molecule has 0 saturated carbocycles. The van der Waals surface area contributed by atoms with Crippen LogP contribution in [0.1, 0.15) is 23.2 Å². The van der Waals surface area contributed by atoms with Crippen LogP contribution in [0.4, 0.5) is 5.82 Å². The molecule has 4 heterocycles. The van der Waals surface area contributed by atoms with Crippen LogP contribution in [-0.2, 0) is 4.74 Å². The van der Waals surface area contributed by atoms with Gasteiger partial charge in [-0.05, 0) is 18.9 Å². The van der Waals surface area contributed by atoms with Crippen molar-refractivity contribution in [1.82, 2.24) is 30.1 Å². The van der Waals surface area contributed by atoms with Gasteiger partial charge in [-0.15, -0.1) is 5.10 Å². The number of H-pyrrole nitrogens is 1. The third kappa shape index (κ3) is 2.74. The molecule has 11 nitrogen and oxygen atoms in total. The lowest BCUT2D eigenvalue weighted by molar-refractivity contribution is 0.0697. The summed E-state index contributed by atoms with van der Waals surface area (Å²) in [6.07, 6.45) is 2.73. The van der Waals surface area contributed by atoms with Crippen molar-refractivity contribution in [3.8, 4) is 11.6 Å². The van der Waals surface area contributed by atoms with Crippen molar-refractivity contribution in [2.24, 2.45) is 0 Å². The number of anilines is 1. The lowest BCUT2D eigenvalue weighted by Crippen LogP contribution is -2.38. The summed E-state index contributed by atoms with van der Waals surface area (Å²) in [6.45, 7) is 1.22. The Hall–Kier alpha value is -3.21. The molecule has 0 radical (unpaired) electrons. The topological polar surface area (TPSA) is 153 Å². The molecule has 1 amide bonds. The predicted octanol–water partition coefficient (Wildman–Crippen LogP) is -0.436. The van der Waals surface area contributed by atoms with Crippen molar-refractivity contribution in [3.05, 3.63) is 28.5 Å². The number of fused-ring (bicyclic) bond motifs is 1. The summed E-state index contributed by atoms with van der Waals surface area (Å²) in [5.41, 5.74) is 6.86. The third-order valence-electron chi connectivity index (χ3n) is 4.04. The maximum Gasteiger partial charge on any atom is 0.434 e. The lowest BCUT2D eigenvalue weighted by atomic mass is 10.1. The van der Waals surface area contributed by atoms with Crippen LogP contribution in [0, 0.1) is 0 Å². The highest BCUT2D eigenvalue weighted by Gasteiger charge is 2.24. The number of nitrogens with two attached hydrogens (primary N) is 1. The van der Waals surface area contributed by atoms with E-state index in [9.17, 15) is 9.59 Å². The summed E-state index contributed by atoms with van der Waals surface area (Å²) in [5, 5.41) is 13.0. The molecule has 3 aromatic heterocycles. The Morgan fingerprint density at radius 2 is 2.20 bits per heavy atom. The molecule has 0 atom stereocenters. The van der Waals surface area contributed by atoms with Gasteiger partial charge in [0.1, 0.15) is 17.5 Å². The van der Waals surface area contributed by atoms with Crippen LogP contribution in [-0.4, -0.2) is 50.0 Å². The Bertz CT molecular complexity index is 983. The monoisotopic (exact) mass is 345 g/mol. The number of hydrogen-bond donors (Lipinski definition) is 3. The molecule has 0 spiro atoms. The number of nitrogen functional groups attached to an aromatic ring is 1. The second kappa shape index (κ2) is 6.02. The molecule has 25 heavy (non-hydrogen) atoms. The summed E-state index contributed by atoms with van der Waals surface area (Å²) in [7, 11) is 0. The molecule has 11 heteroatoms. The summed E-state index contributed by atoms with van der Waals surface area (Å²) in [6, 6.07) is 1.54. The van der Waals surface area contributed by atoms with E-state index in [4.69, 9.17) is 14.9 Å².